The maximum atomic E-state index is 12.9. The Kier molecular flexibility index (Phi) is 6.55. The van der Waals surface area contributed by atoms with Gasteiger partial charge in [0.15, 0.2) is 0 Å². The summed E-state index contributed by atoms with van der Waals surface area (Å²) in [5.74, 6) is -0.199. The first-order chi connectivity index (χ1) is 13.0. The zero-order valence-corrected chi connectivity index (χ0v) is 16.0. The summed E-state index contributed by atoms with van der Waals surface area (Å²) in [6.45, 7) is 1.54. The van der Waals surface area contributed by atoms with Crippen LogP contribution < -0.4 is 14.4 Å². The highest BCUT2D eigenvalue weighted by Gasteiger charge is 2.32. The van der Waals surface area contributed by atoms with Crippen LogP contribution >= 0.6 is 0 Å². The van der Waals surface area contributed by atoms with Crippen molar-refractivity contribution in [1.29, 1.82) is 0 Å². The molecule has 152 valence electrons. The summed E-state index contributed by atoms with van der Waals surface area (Å²) in [6.07, 6.45) is -3.82. The summed E-state index contributed by atoms with van der Waals surface area (Å²) in [5.41, 5.74) is -0.896. The van der Waals surface area contributed by atoms with Crippen LogP contribution in [-0.2, 0) is 21.0 Å². The van der Waals surface area contributed by atoms with Crippen molar-refractivity contribution in [2.75, 3.05) is 29.0 Å². The van der Waals surface area contributed by atoms with Crippen molar-refractivity contribution >= 4 is 27.3 Å². The van der Waals surface area contributed by atoms with Crippen molar-refractivity contribution in [2.45, 2.75) is 13.1 Å². The zero-order valence-electron chi connectivity index (χ0n) is 15.2. The smallest absolute Gasteiger partial charge is 0.416 e. The molecule has 2 aromatic rings. The molecule has 0 saturated heterocycles. The quantitative estimate of drug-likeness (QED) is 0.750. The fourth-order valence-corrected chi connectivity index (χ4v) is 3.25. The second-order valence-electron chi connectivity index (χ2n) is 5.83. The third-order valence-corrected chi connectivity index (χ3v) is 4.72. The summed E-state index contributed by atoms with van der Waals surface area (Å²) in [4.78, 5) is 12.3. The molecule has 6 nitrogen and oxygen atoms in total. The molecule has 0 aliphatic rings. The van der Waals surface area contributed by atoms with Crippen LogP contribution in [0.2, 0.25) is 0 Å². The molecule has 10 heteroatoms. The second-order valence-corrected chi connectivity index (χ2v) is 7.73. The van der Waals surface area contributed by atoms with Crippen LogP contribution in [0.15, 0.2) is 48.5 Å². The predicted octanol–water partition coefficient (Wildman–Crippen LogP) is 3.51. The van der Waals surface area contributed by atoms with Crippen LogP contribution in [0.1, 0.15) is 12.5 Å². The Labute approximate surface area is 161 Å². The molecule has 0 spiro atoms. The normalized spacial score (nSPS) is 11.8. The molecule has 0 aliphatic heterocycles. The van der Waals surface area contributed by atoms with Crippen molar-refractivity contribution in [3.8, 4) is 5.75 Å². The minimum Gasteiger partial charge on any atom is -0.494 e. The Hall–Kier alpha value is -2.75. The number of hydrogen-bond acceptors (Lipinski definition) is 4. The van der Waals surface area contributed by atoms with Crippen molar-refractivity contribution in [2.24, 2.45) is 0 Å². The standard InChI is InChI=1S/C18H19F3N2O4S/c1-3-27-16-9-5-7-14(11-16)22-17(24)12-23(28(2,25)26)15-8-4-6-13(10-15)18(19,20)21/h4-11H,3,12H2,1-2H3,(H,22,24). The van der Waals surface area contributed by atoms with Gasteiger partial charge in [-0.15, -0.1) is 0 Å². The number of hydrogen-bond donors (Lipinski definition) is 1. The van der Waals surface area contributed by atoms with Crippen molar-refractivity contribution in [1.82, 2.24) is 0 Å². The van der Waals surface area contributed by atoms with Crippen LogP contribution in [0, 0.1) is 0 Å². The fourth-order valence-electron chi connectivity index (χ4n) is 2.40. The molecular weight excluding hydrogens is 397 g/mol. The SMILES string of the molecule is CCOc1cccc(NC(=O)CN(c2cccc(C(F)(F)F)c2)S(C)(=O)=O)c1. The molecule has 0 aromatic heterocycles. The Morgan fingerprint density at radius 2 is 1.82 bits per heavy atom. The Balaban J connectivity index is 2.24. The van der Waals surface area contributed by atoms with E-state index in [2.05, 4.69) is 5.32 Å². The number of halogens is 3. The number of alkyl halides is 3. The second kappa shape index (κ2) is 8.51. The minimum atomic E-state index is -4.64. The van der Waals surface area contributed by atoms with E-state index in [0.29, 0.717) is 28.4 Å². The van der Waals surface area contributed by atoms with Gasteiger partial charge < -0.3 is 10.1 Å². The van der Waals surface area contributed by atoms with Gasteiger partial charge in [-0.25, -0.2) is 8.42 Å². The number of rotatable bonds is 7. The van der Waals surface area contributed by atoms with Crippen molar-refractivity contribution < 1.29 is 31.1 Å². The van der Waals surface area contributed by atoms with Crippen LogP contribution in [0.3, 0.4) is 0 Å². The number of amides is 1. The molecule has 0 heterocycles. The van der Waals surface area contributed by atoms with E-state index in [-0.39, 0.29) is 5.69 Å². The molecule has 0 aliphatic carbocycles. The van der Waals surface area contributed by atoms with E-state index in [1.165, 1.54) is 6.07 Å². The van der Waals surface area contributed by atoms with E-state index in [0.717, 1.165) is 18.4 Å². The third-order valence-electron chi connectivity index (χ3n) is 3.58. The summed E-state index contributed by atoms with van der Waals surface area (Å²) < 4.78 is 68.8. The van der Waals surface area contributed by atoms with Gasteiger partial charge in [0.05, 0.1) is 24.1 Å². The number of nitrogens with zero attached hydrogens (tertiary/aromatic N) is 1. The van der Waals surface area contributed by atoms with E-state index >= 15 is 0 Å². The van der Waals surface area contributed by atoms with Gasteiger partial charge in [0.25, 0.3) is 0 Å². The lowest BCUT2D eigenvalue weighted by atomic mass is 10.2. The van der Waals surface area contributed by atoms with Gasteiger partial charge in [0.2, 0.25) is 15.9 Å². The number of sulfonamides is 1. The Bertz CT molecular complexity index is 946. The highest BCUT2D eigenvalue weighted by atomic mass is 32.2. The summed E-state index contributed by atoms with van der Waals surface area (Å²) in [6, 6.07) is 10.2. The average molecular weight is 416 g/mol. The van der Waals surface area contributed by atoms with Crippen LogP contribution in [0.5, 0.6) is 5.75 Å². The van der Waals surface area contributed by atoms with Crippen LogP contribution in [0.25, 0.3) is 0 Å². The molecule has 0 radical (unpaired) electrons. The van der Waals surface area contributed by atoms with Gasteiger partial charge in [0.1, 0.15) is 12.3 Å². The highest BCUT2D eigenvalue weighted by molar-refractivity contribution is 7.92. The number of anilines is 2. The van der Waals surface area contributed by atoms with E-state index in [9.17, 15) is 26.4 Å². The molecule has 2 aromatic carbocycles. The summed E-state index contributed by atoms with van der Waals surface area (Å²) in [5, 5.41) is 2.51. The Morgan fingerprint density at radius 1 is 1.14 bits per heavy atom. The first-order valence-corrected chi connectivity index (χ1v) is 10.0. The first kappa shape index (κ1) is 21.5. The van der Waals surface area contributed by atoms with Gasteiger partial charge in [-0.3, -0.25) is 9.10 Å². The zero-order chi connectivity index (χ0) is 20.9. The molecule has 0 atom stereocenters. The molecule has 0 unspecified atom stereocenters. The molecule has 0 fully saturated rings. The van der Waals surface area contributed by atoms with E-state index in [1.54, 1.807) is 31.2 Å². The summed E-state index contributed by atoms with van der Waals surface area (Å²) in [7, 11) is -4.00. The topological polar surface area (TPSA) is 75.7 Å². The van der Waals surface area contributed by atoms with Gasteiger partial charge >= 0.3 is 6.18 Å². The molecule has 1 amide bonds. The molecule has 0 saturated carbocycles. The van der Waals surface area contributed by atoms with E-state index in [4.69, 9.17) is 4.74 Å². The van der Waals surface area contributed by atoms with Crippen molar-refractivity contribution in [3.05, 3.63) is 54.1 Å². The lowest BCUT2D eigenvalue weighted by Gasteiger charge is -2.23. The molecule has 28 heavy (non-hydrogen) atoms. The number of nitrogens with one attached hydrogen (secondary N) is 1. The Morgan fingerprint density at radius 3 is 2.43 bits per heavy atom. The molecule has 2 rings (SSSR count). The predicted molar refractivity (Wildman–Crippen MR) is 99.9 cm³/mol. The first-order valence-electron chi connectivity index (χ1n) is 8.18. The minimum absolute atomic E-state index is 0.254. The maximum absolute atomic E-state index is 12.9. The fraction of sp³-hybridized carbons (Fsp3) is 0.278. The average Bonchev–Trinajstić information content (AvgIpc) is 2.59. The lowest BCUT2D eigenvalue weighted by Crippen LogP contribution is -2.37. The van der Waals surface area contributed by atoms with Gasteiger partial charge in [-0.2, -0.15) is 13.2 Å². The summed E-state index contributed by atoms with van der Waals surface area (Å²) >= 11 is 0. The highest BCUT2D eigenvalue weighted by Crippen LogP contribution is 2.32. The van der Waals surface area contributed by atoms with E-state index < -0.39 is 34.2 Å². The molecular formula is C18H19F3N2O4S. The number of benzene rings is 2. The largest absolute Gasteiger partial charge is 0.494 e. The van der Waals surface area contributed by atoms with Gasteiger partial charge in [0, 0.05) is 11.8 Å². The third kappa shape index (κ3) is 5.88. The molecule has 0 bridgehead atoms. The monoisotopic (exact) mass is 416 g/mol. The number of ether oxygens (including phenoxy) is 1. The van der Waals surface area contributed by atoms with Crippen molar-refractivity contribution in [3.63, 3.8) is 0 Å². The maximum Gasteiger partial charge on any atom is 0.416 e. The lowest BCUT2D eigenvalue weighted by molar-refractivity contribution is -0.137. The number of carbonyl (C=O) groups is 1. The van der Waals surface area contributed by atoms with Crippen LogP contribution in [0.4, 0.5) is 24.5 Å². The van der Waals surface area contributed by atoms with E-state index in [1.807, 2.05) is 0 Å². The van der Waals surface area contributed by atoms with Gasteiger partial charge in [-0.05, 0) is 37.3 Å². The van der Waals surface area contributed by atoms with Crippen LogP contribution in [-0.4, -0.2) is 33.7 Å². The number of carbonyl (C=O) groups excluding carboxylic acids is 1. The molecule has 1 N–H and O–H groups in total. The van der Waals surface area contributed by atoms with Gasteiger partial charge in [-0.1, -0.05) is 12.1 Å².